The van der Waals surface area contributed by atoms with Gasteiger partial charge in [0.1, 0.15) is 5.75 Å². The molecule has 0 radical (unpaired) electrons. The highest BCUT2D eigenvalue weighted by Gasteiger charge is 2.20. The smallest absolute Gasteiger partial charge is 0.258 e. The molecule has 3 aromatic rings. The van der Waals surface area contributed by atoms with Crippen molar-refractivity contribution < 1.29 is 19.1 Å². The molecule has 0 aromatic heterocycles. The van der Waals surface area contributed by atoms with Crippen LogP contribution in [0, 0.1) is 6.92 Å². The summed E-state index contributed by atoms with van der Waals surface area (Å²) in [6.45, 7) is 3.74. The minimum atomic E-state index is -0.135. The lowest BCUT2D eigenvalue weighted by molar-refractivity contribution is -0.120. The van der Waals surface area contributed by atoms with Crippen LogP contribution < -0.4 is 15.0 Å². The number of rotatable bonds is 9. The number of benzene rings is 3. The number of hydrogen-bond donors (Lipinski definition) is 1. The van der Waals surface area contributed by atoms with Crippen LogP contribution in [0.15, 0.2) is 72.8 Å². The van der Waals surface area contributed by atoms with E-state index in [-0.39, 0.29) is 24.3 Å². The third-order valence-electron chi connectivity index (χ3n) is 6.16. The number of amides is 2. The van der Waals surface area contributed by atoms with Gasteiger partial charge in [-0.2, -0.15) is 0 Å². The SMILES string of the molecule is COc1cccc(C(=O)N(Cc2ccc(C)cc2)c2cccc(CC(=O)NCC3CCCO3)c2)c1. The highest BCUT2D eigenvalue weighted by Crippen LogP contribution is 2.24. The van der Waals surface area contributed by atoms with Gasteiger partial charge in [0, 0.05) is 24.4 Å². The van der Waals surface area contributed by atoms with Crippen molar-refractivity contribution in [3.8, 4) is 5.75 Å². The summed E-state index contributed by atoms with van der Waals surface area (Å²) in [5, 5.41) is 2.97. The van der Waals surface area contributed by atoms with E-state index in [0.29, 0.717) is 24.4 Å². The monoisotopic (exact) mass is 472 g/mol. The van der Waals surface area contributed by atoms with Crippen molar-refractivity contribution in [2.24, 2.45) is 0 Å². The molecule has 1 heterocycles. The van der Waals surface area contributed by atoms with E-state index in [0.717, 1.165) is 41.8 Å². The minimum Gasteiger partial charge on any atom is -0.497 e. The summed E-state index contributed by atoms with van der Waals surface area (Å²) in [5.74, 6) is 0.439. The molecular formula is C29H32N2O4. The fraction of sp³-hybridized carbons (Fsp3) is 0.310. The number of ether oxygens (including phenoxy) is 2. The number of anilines is 1. The molecule has 0 spiro atoms. The summed E-state index contributed by atoms with van der Waals surface area (Å²) in [6, 6.07) is 22.9. The Morgan fingerprint density at radius 2 is 1.83 bits per heavy atom. The van der Waals surface area contributed by atoms with Gasteiger partial charge in [0.2, 0.25) is 5.91 Å². The summed E-state index contributed by atoms with van der Waals surface area (Å²) in [5.41, 5.74) is 4.31. The lowest BCUT2D eigenvalue weighted by Crippen LogP contribution is -2.33. The number of aryl methyl sites for hydroxylation is 1. The first-order chi connectivity index (χ1) is 17.0. The van der Waals surface area contributed by atoms with Crippen LogP contribution >= 0.6 is 0 Å². The van der Waals surface area contributed by atoms with Gasteiger partial charge in [0.15, 0.2) is 0 Å². The third kappa shape index (κ3) is 6.70. The second kappa shape index (κ2) is 11.7. The van der Waals surface area contributed by atoms with Gasteiger partial charge in [-0.1, -0.05) is 48.0 Å². The number of carbonyl (C=O) groups is 2. The van der Waals surface area contributed by atoms with Gasteiger partial charge in [0.05, 0.1) is 26.2 Å². The normalized spacial score (nSPS) is 15.0. The summed E-state index contributed by atoms with van der Waals surface area (Å²) >= 11 is 0. The molecule has 1 saturated heterocycles. The standard InChI is InChI=1S/C29H32N2O4/c1-21-11-13-22(14-12-21)20-31(29(33)24-7-4-9-26(18-24)34-2)25-8-3-6-23(16-25)17-28(32)30-19-27-10-5-15-35-27/h3-4,6-9,11-14,16,18,27H,5,10,15,17,19-20H2,1-2H3,(H,30,32). The molecule has 6 heteroatoms. The van der Waals surface area contributed by atoms with E-state index < -0.39 is 0 Å². The fourth-order valence-electron chi connectivity index (χ4n) is 4.18. The molecule has 0 aliphatic carbocycles. The van der Waals surface area contributed by atoms with E-state index >= 15 is 0 Å². The number of nitrogens with zero attached hydrogens (tertiary/aromatic N) is 1. The Hall–Kier alpha value is -3.64. The van der Waals surface area contributed by atoms with Crippen LogP contribution in [0.2, 0.25) is 0 Å². The van der Waals surface area contributed by atoms with Crippen LogP contribution in [0.5, 0.6) is 5.75 Å². The zero-order valence-electron chi connectivity index (χ0n) is 20.3. The van der Waals surface area contributed by atoms with E-state index in [9.17, 15) is 9.59 Å². The minimum absolute atomic E-state index is 0.0538. The van der Waals surface area contributed by atoms with Crippen molar-refractivity contribution in [2.75, 3.05) is 25.2 Å². The summed E-state index contributed by atoms with van der Waals surface area (Å²) in [6.07, 6.45) is 2.37. The highest BCUT2D eigenvalue weighted by atomic mass is 16.5. The Balaban J connectivity index is 1.55. The first-order valence-corrected chi connectivity index (χ1v) is 12.0. The predicted octanol–water partition coefficient (Wildman–Crippen LogP) is 4.69. The van der Waals surface area contributed by atoms with E-state index in [1.807, 2.05) is 67.6 Å². The van der Waals surface area contributed by atoms with E-state index in [1.165, 1.54) is 0 Å². The fourth-order valence-corrected chi connectivity index (χ4v) is 4.18. The van der Waals surface area contributed by atoms with Crippen molar-refractivity contribution in [1.82, 2.24) is 5.32 Å². The Labute approximate surface area is 206 Å². The van der Waals surface area contributed by atoms with Gasteiger partial charge in [-0.3, -0.25) is 9.59 Å². The molecule has 2 amide bonds. The number of hydrogen-bond acceptors (Lipinski definition) is 4. The van der Waals surface area contributed by atoms with E-state index in [2.05, 4.69) is 5.32 Å². The van der Waals surface area contributed by atoms with Crippen LogP contribution in [-0.4, -0.2) is 38.2 Å². The predicted molar refractivity (Wildman–Crippen MR) is 137 cm³/mol. The first kappa shape index (κ1) is 24.5. The van der Waals surface area contributed by atoms with Crippen molar-refractivity contribution in [3.63, 3.8) is 0 Å². The van der Waals surface area contributed by atoms with Crippen molar-refractivity contribution >= 4 is 17.5 Å². The maximum absolute atomic E-state index is 13.6. The second-order valence-electron chi connectivity index (χ2n) is 8.89. The molecule has 1 atom stereocenters. The van der Waals surface area contributed by atoms with Gasteiger partial charge in [-0.25, -0.2) is 0 Å². The van der Waals surface area contributed by atoms with E-state index in [1.54, 1.807) is 24.1 Å². The molecule has 0 bridgehead atoms. The van der Waals surface area contributed by atoms with Crippen molar-refractivity contribution in [3.05, 3.63) is 95.1 Å². The highest BCUT2D eigenvalue weighted by molar-refractivity contribution is 6.06. The van der Waals surface area contributed by atoms with Crippen LogP contribution in [0.25, 0.3) is 0 Å². The van der Waals surface area contributed by atoms with E-state index in [4.69, 9.17) is 9.47 Å². The molecule has 4 rings (SSSR count). The largest absolute Gasteiger partial charge is 0.497 e. The maximum Gasteiger partial charge on any atom is 0.258 e. The lowest BCUT2D eigenvalue weighted by Gasteiger charge is -2.24. The molecule has 1 aliphatic rings. The number of nitrogens with one attached hydrogen (secondary N) is 1. The molecule has 1 N–H and O–H groups in total. The average molecular weight is 473 g/mol. The average Bonchev–Trinajstić information content (AvgIpc) is 3.41. The summed E-state index contributed by atoms with van der Waals surface area (Å²) < 4.78 is 10.9. The van der Waals surface area contributed by atoms with Crippen LogP contribution in [0.3, 0.4) is 0 Å². The number of carbonyl (C=O) groups excluding carboxylic acids is 2. The Bertz CT molecular complexity index is 1150. The molecule has 1 fully saturated rings. The maximum atomic E-state index is 13.6. The molecule has 182 valence electrons. The molecular weight excluding hydrogens is 440 g/mol. The van der Waals surface area contributed by atoms with Crippen LogP contribution in [0.1, 0.15) is 39.9 Å². The molecule has 0 saturated carbocycles. The zero-order valence-corrected chi connectivity index (χ0v) is 20.3. The molecule has 35 heavy (non-hydrogen) atoms. The van der Waals surface area contributed by atoms with Gasteiger partial charge < -0.3 is 19.7 Å². The first-order valence-electron chi connectivity index (χ1n) is 12.0. The van der Waals surface area contributed by atoms with Gasteiger partial charge in [-0.15, -0.1) is 0 Å². The third-order valence-corrected chi connectivity index (χ3v) is 6.16. The Morgan fingerprint density at radius 3 is 2.57 bits per heavy atom. The lowest BCUT2D eigenvalue weighted by atomic mass is 10.1. The molecule has 3 aromatic carbocycles. The molecule has 1 aliphatic heterocycles. The number of methoxy groups -OCH3 is 1. The van der Waals surface area contributed by atoms with Gasteiger partial charge >= 0.3 is 0 Å². The van der Waals surface area contributed by atoms with Crippen LogP contribution in [-0.2, 0) is 22.5 Å². The summed E-state index contributed by atoms with van der Waals surface area (Å²) in [7, 11) is 1.58. The summed E-state index contributed by atoms with van der Waals surface area (Å²) in [4.78, 5) is 27.9. The molecule has 6 nitrogen and oxygen atoms in total. The van der Waals surface area contributed by atoms with Gasteiger partial charge in [-0.05, 0) is 61.2 Å². The Morgan fingerprint density at radius 1 is 1.03 bits per heavy atom. The zero-order chi connectivity index (χ0) is 24.6. The van der Waals surface area contributed by atoms with Gasteiger partial charge in [0.25, 0.3) is 5.91 Å². The molecule has 1 unspecified atom stereocenters. The van der Waals surface area contributed by atoms with Crippen molar-refractivity contribution in [1.29, 1.82) is 0 Å². The van der Waals surface area contributed by atoms with Crippen LogP contribution in [0.4, 0.5) is 5.69 Å². The quantitative estimate of drug-likeness (QED) is 0.491. The topological polar surface area (TPSA) is 67.9 Å². The Kier molecular flexibility index (Phi) is 8.16. The second-order valence-corrected chi connectivity index (χ2v) is 8.89. The van der Waals surface area contributed by atoms with Crippen molar-refractivity contribution in [2.45, 2.75) is 38.8 Å².